The van der Waals surface area contributed by atoms with Crippen LogP contribution >= 0.6 is 0 Å². The van der Waals surface area contributed by atoms with Gasteiger partial charge in [-0.15, -0.1) is 0 Å². The summed E-state index contributed by atoms with van der Waals surface area (Å²) in [4.78, 5) is 18.0. The molecule has 1 aromatic heterocycles. The lowest BCUT2D eigenvalue weighted by Crippen LogP contribution is -2.49. The Hall–Kier alpha value is -2.35. The Morgan fingerprint density at radius 3 is 3.13 bits per heavy atom. The normalized spacial score (nSPS) is 18.2. The summed E-state index contributed by atoms with van der Waals surface area (Å²) in [6.45, 7) is 2.30. The molecule has 1 aliphatic heterocycles. The lowest BCUT2D eigenvalue weighted by Gasteiger charge is -2.33. The molecule has 1 atom stereocenters. The van der Waals surface area contributed by atoms with E-state index >= 15 is 0 Å². The number of carbonyl (C=O) groups excluding carboxylic acids is 1. The Balaban J connectivity index is 1.76. The molecule has 0 radical (unpaired) electrons. The maximum absolute atomic E-state index is 13.4. The number of hydrogen-bond donors (Lipinski definition) is 2. The first kappa shape index (κ1) is 15.5. The second-order valence-corrected chi connectivity index (χ2v) is 5.50. The van der Waals surface area contributed by atoms with E-state index in [9.17, 15) is 9.18 Å². The smallest absolute Gasteiger partial charge is 0.314 e. The number of carbonyl (C=O) groups is 1. The van der Waals surface area contributed by atoms with E-state index in [2.05, 4.69) is 20.5 Å². The van der Waals surface area contributed by atoms with Gasteiger partial charge in [0, 0.05) is 33.7 Å². The molecule has 8 heteroatoms. The molecule has 23 heavy (non-hydrogen) atoms. The standard InChI is InChI=1S/C15H20FN5O2/c1-17-14(22)18-8-11-9-21(5-6-23-11)15-19-12-4-3-10(16)7-13(12)20(15)2/h3-4,7,11H,5-6,8-9H2,1-2H3,(H2,17,18,22). The fourth-order valence-corrected chi connectivity index (χ4v) is 2.75. The van der Waals surface area contributed by atoms with Crippen LogP contribution in [0.4, 0.5) is 15.1 Å². The summed E-state index contributed by atoms with van der Waals surface area (Å²) < 4.78 is 21.0. The van der Waals surface area contributed by atoms with Crippen LogP contribution in [0.3, 0.4) is 0 Å². The summed E-state index contributed by atoms with van der Waals surface area (Å²) >= 11 is 0. The molecule has 2 aromatic rings. The van der Waals surface area contributed by atoms with E-state index in [-0.39, 0.29) is 18.0 Å². The summed E-state index contributed by atoms with van der Waals surface area (Å²) in [7, 11) is 3.44. The molecule has 1 unspecified atom stereocenters. The molecule has 0 spiro atoms. The minimum atomic E-state index is -0.276. The maximum atomic E-state index is 13.4. The number of amides is 2. The second-order valence-electron chi connectivity index (χ2n) is 5.50. The van der Waals surface area contributed by atoms with Crippen LogP contribution in [-0.4, -0.2) is 55.0 Å². The zero-order valence-electron chi connectivity index (χ0n) is 13.2. The molecular formula is C15H20FN5O2. The van der Waals surface area contributed by atoms with Crippen LogP contribution in [0.5, 0.6) is 0 Å². The molecule has 1 aromatic carbocycles. The lowest BCUT2D eigenvalue weighted by atomic mass is 10.3. The average Bonchev–Trinajstić information content (AvgIpc) is 2.89. The SMILES string of the molecule is CNC(=O)NCC1CN(c2nc3ccc(F)cc3n2C)CCO1. The van der Waals surface area contributed by atoms with Crippen LogP contribution in [0.1, 0.15) is 0 Å². The van der Waals surface area contributed by atoms with Gasteiger partial charge in [0.05, 0.1) is 23.7 Å². The fraction of sp³-hybridized carbons (Fsp3) is 0.467. The number of nitrogens with zero attached hydrogens (tertiary/aromatic N) is 3. The minimum Gasteiger partial charge on any atom is -0.373 e. The largest absolute Gasteiger partial charge is 0.373 e. The van der Waals surface area contributed by atoms with Crippen LogP contribution in [0.25, 0.3) is 11.0 Å². The van der Waals surface area contributed by atoms with Crippen LogP contribution < -0.4 is 15.5 Å². The Morgan fingerprint density at radius 2 is 2.35 bits per heavy atom. The molecule has 0 saturated carbocycles. The number of nitrogens with one attached hydrogen (secondary N) is 2. The third-order valence-electron chi connectivity index (χ3n) is 3.96. The molecule has 2 N–H and O–H groups in total. The number of aryl methyl sites for hydroxylation is 1. The number of ether oxygens (including phenoxy) is 1. The summed E-state index contributed by atoms with van der Waals surface area (Å²) in [5.41, 5.74) is 1.52. The fourth-order valence-electron chi connectivity index (χ4n) is 2.75. The van der Waals surface area contributed by atoms with Gasteiger partial charge in [0.15, 0.2) is 0 Å². The summed E-state index contributed by atoms with van der Waals surface area (Å²) in [6.07, 6.45) is -0.113. The molecule has 1 saturated heterocycles. The Kier molecular flexibility index (Phi) is 4.33. The summed E-state index contributed by atoms with van der Waals surface area (Å²) in [5, 5.41) is 5.25. The molecule has 7 nitrogen and oxygen atoms in total. The highest BCUT2D eigenvalue weighted by molar-refractivity contribution is 5.78. The molecule has 0 aliphatic carbocycles. The highest BCUT2D eigenvalue weighted by atomic mass is 19.1. The van der Waals surface area contributed by atoms with Gasteiger partial charge >= 0.3 is 6.03 Å². The summed E-state index contributed by atoms with van der Waals surface area (Å²) in [6, 6.07) is 4.34. The van der Waals surface area contributed by atoms with E-state index in [4.69, 9.17) is 4.74 Å². The van der Waals surface area contributed by atoms with Crippen molar-refractivity contribution in [3.8, 4) is 0 Å². The van der Waals surface area contributed by atoms with Crippen LogP contribution in [0.15, 0.2) is 18.2 Å². The number of fused-ring (bicyclic) bond motifs is 1. The van der Waals surface area contributed by atoms with Crippen molar-refractivity contribution in [1.29, 1.82) is 0 Å². The predicted molar refractivity (Wildman–Crippen MR) is 85.1 cm³/mol. The molecule has 2 amide bonds. The number of hydrogen-bond acceptors (Lipinski definition) is 4. The van der Waals surface area contributed by atoms with E-state index in [1.165, 1.54) is 12.1 Å². The number of benzene rings is 1. The van der Waals surface area contributed by atoms with E-state index in [1.54, 1.807) is 13.1 Å². The van der Waals surface area contributed by atoms with Gasteiger partial charge in [-0.05, 0) is 18.2 Å². The van der Waals surface area contributed by atoms with E-state index < -0.39 is 0 Å². The number of morpholine rings is 1. The number of halogens is 1. The van der Waals surface area contributed by atoms with Crippen LogP contribution in [0, 0.1) is 5.82 Å². The molecule has 2 heterocycles. The maximum Gasteiger partial charge on any atom is 0.314 e. The number of rotatable bonds is 3. The van der Waals surface area contributed by atoms with Crippen molar-refractivity contribution in [2.24, 2.45) is 7.05 Å². The second kappa shape index (κ2) is 6.41. The van der Waals surface area contributed by atoms with Gasteiger partial charge in [0.25, 0.3) is 0 Å². The molecule has 1 fully saturated rings. The Morgan fingerprint density at radius 1 is 1.52 bits per heavy atom. The van der Waals surface area contributed by atoms with Gasteiger partial charge in [0.1, 0.15) is 5.82 Å². The first-order valence-corrected chi connectivity index (χ1v) is 7.52. The third kappa shape index (κ3) is 3.21. The van der Waals surface area contributed by atoms with E-state index in [0.717, 1.165) is 17.0 Å². The van der Waals surface area contributed by atoms with Crippen LogP contribution in [0.2, 0.25) is 0 Å². The zero-order valence-corrected chi connectivity index (χ0v) is 13.2. The van der Waals surface area contributed by atoms with Crippen molar-refractivity contribution in [1.82, 2.24) is 20.2 Å². The zero-order chi connectivity index (χ0) is 16.4. The highest BCUT2D eigenvalue weighted by Crippen LogP contribution is 2.23. The quantitative estimate of drug-likeness (QED) is 0.879. The molecule has 3 rings (SSSR count). The topological polar surface area (TPSA) is 71.4 Å². The van der Waals surface area contributed by atoms with Gasteiger partial charge in [-0.2, -0.15) is 0 Å². The van der Waals surface area contributed by atoms with Crippen molar-refractivity contribution in [2.45, 2.75) is 6.10 Å². The first-order chi connectivity index (χ1) is 11.1. The van der Waals surface area contributed by atoms with E-state index in [1.807, 2.05) is 11.6 Å². The third-order valence-corrected chi connectivity index (χ3v) is 3.96. The Bertz CT molecular complexity index is 717. The molecule has 0 bridgehead atoms. The number of aromatic nitrogens is 2. The van der Waals surface area contributed by atoms with Gasteiger partial charge in [-0.1, -0.05) is 0 Å². The number of anilines is 1. The van der Waals surface area contributed by atoms with Crippen molar-refractivity contribution in [3.63, 3.8) is 0 Å². The molecule has 124 valence electrons. The highest BCUT2D eigenvalue weighted by Gasteiger charge is 2.24. The van der Waals surface area contributed by atoms with E-state index in [0.29, 0.717) is 26.2 Å². The van der Waals surface area contributed by atoms with Crippen LogP contribution in [-0.2, 0) is 11.8 Å². The minimum absolute atomic E-state index is 0.113. The predicted octanol–water partition coefficient (Wildman–Crippen LogP) is 0.847. The summed E-state index contributed by atoms with van der Waals surface area (Å²) in [5.74, 6) is 0.500. The number of imidazole rings is 1. The van der Waals surface area contributed by atoms with Gasteiger partial charge < -0.3 is 24.8 Å². The van der Waals surface area contributed by atoms with Gasteiger partial charge in [0.2, 0.25) is 5.95 Å². The van der Waals surface area contributed by atoms with Gasteiger partial charge in [-0.3, -0.25) is 0 Å². The molecule has 1 aliphatic rings. The lowest BCUT2D eigenvalue weighted by molar-refractivity contribution is 0.0418. The van der Waals surface area contributed by atoms with Crippen molar-refractivity contribution >= 4 is 23.0 Å². The molecular weight excluding hydrogens is 301 g/mol. The van der Waals surface area contributed by atoms with Crippen molar-refractivity contribution < 1.29 is 13.9 Å². The number of urea groups is 1. The van der Waals surface area contributed by atoms with Crippen molar-refractivity contribution in [3.05, 3.63) is 24.0 Å². The van der Waals surface area contributed by atoms with Crippen molar-refractivity contribution in [2.75, 3.05) is 38.2 Å². The Labute approximate surface area is 133 Å². The first-order valence-electron chi connectivity index (χ1n) is 7.52. The van der Waals surface area contributed by atoms with Gasteiger partial charge in [-0.25, -0.2) is 14.2 Å². The monoisotopic (exact) mass is 321 g/mol. The average molecular weight is 321 g/mol.